The number of rotatable bonds is 4. The Bertz CT molecular complexity index is 914. The van der Waals surface area contributed by atoms with E-state index in [1.807, 2.05) is 56.6 Å². The van der Waals surface area contributed by atoms with Crippen LogP contribution in [0.2, 0.25) is 0 Å². The molecule has 0 spiro atoms. The number of carbonyl (C=O) groups excluding carboxylic acids is 2. The molecule has 0 radical (unpaired) electrons. The average molecular weight is 394 g/mol. The zero-order valence-corrected chi connectivity index (χ0v) is 16.8. The van der Waals surface area contributed by atoms with E-state index in [-0.39, 0.29) is 24.4 Å². The second-order valence-corrected chi connectivity index (χ2v) is 7.68. The Morgan fingerprint density at radius 1 is 1.14 bits per heavy atom. The summed E-state index contributed by atoms with van der Waals surface area (Å²) < 4.78 is 5.64. The van der Waals surface area contributed by atoms with Crippen molar-refractivity contribution in [2.24, 2.45) is 0 Å². The summed E-state index contributed by atoms with van der Waals surface area (Å²) in [5.41, 5.74) is 2.42. The lowest BCUT2D eigenvalue weighted by atomic mass is 10.1. The van der Waals surface area contributed by atoms with Crippen LogP contribution < -0.4 is 10.2 Å². The molecule has 0 aromatic heterocycles. The number of likely N-dealkylation sites (N-methyl/N-ethyl adjacent to an activating group) is 1. The predicted molar refractivity (Wildman–Crippen MR) is 113 cm³/mol. The van der Waals surface area contributed by atoms with Gasteiger partial charge in [-0.15, -0.1) is 0 Å². The van der Waals surface area contributed by atoms with Crippen LogP contribution in [0.15, 0.2) is 48.5 Å². The number of morpholine rings is 1. The Morgan fingerprint density at radius 2 is 1.86 bits per heavy atom. The molecule has 1 saturated heterocycles. The molecule has 2 aromatic rings. The van der Waals surface area contributed by atoms with Gasteiger partial charge in [-0.2, -0.15) is 0 Å². The lowest BCUT2D eigenvalue weighted by Crippen LogP contribution is -2.53. The second-order valence-electron chi connectivity index (χ2n) is 7.68. The fraction of sp³-hybridized carbons (Fsp3) is 0.364. The van der Waals surface area contributed by atoms with Crippen molar-refractivity contribution in [3.8, 4) is 0 Å². The monoisotopic (exact) mass is 394 g/mol. The van der Waals surface area contributed by atoms with Gasteiger partial charge in [0.05, 0.1) is 42.4 Å². The number of para-hydroxylation sites is 3. The van der Waals surface area contributed by atoms with Gasteiger partial charge in [0.2, 0.25) is 5.91 Å². The number of nitrogens with zero attached hydrogens (tertiary/aromatic N) is 3. The number of carbonyl (C=O) groups is 2. The number of fused-ring (bicyclic) bond motifs is 2. The number of hydrogen-bond donors (Lipinski definition) is 1. The van der Waals surface area contributed by atoms with Gasteiger partial charge in [-0.25, -0.2) is 0 Å². The first-order valence-corrected chi connectivity index (χ1v) is 9.83. The quantitative estimate of drug-likeness (QED) is 0.861. The van der Waals surface area contributed by atoms with Gasteiger partial charge in [0.25, 0.3) is 5.91 Å². The van der Waals surface area contributed by atoms with Crippen LogP contribution in [0.4, 0.5) is 17.1 Å². The summed E-state index contributed by atoms with van der Waals surface area (Å²) in [5.74, 6) is -0.271. The van der Waals surface area contributed by atoms with E-state index in [0.717, 1.165) is 6.54 Å². The number of nitrogens with one attached hydrogen (secondary N) is 1. The number of benzene rings is 2. The summed E-state index contributed by atoms with van der Waals surface area (Å²) in [5, 5.41) is 2.93. The van der Waals surface area contributed by atoms with Crippen LogP contribution in [0.5, 0.6) is 0 Å². The van der Waals surface area contributed by atoms with Crippen molar-refractivity contribution >= 4 is 28.9 Å². The molecule has 1 atom stereocenters. The van der Waals surface area contributed by atoms with E-state index in [0.29, 0.717) is 42.4 Å². The zero-order valence-electron chi connectivity index (χ0n) is 16.8. The molecule has 7 heteroatoms. The summed E-state index contributed by atoms with van der Waals surface area (Å²) in [7, 11) is 4.04. The van der Waals surface area contributed by atoms with Crippen molar-refractivity contribution in [3.05, 3.63) is 54.1 Å². The molecule has 2 aromatic carbocycles. The summed E-state index contributed by atoms with van der Waals surface area (Å²) in [4.78, 5) is 32.2. The van der Waals surface area contributed by atoms with Gasteiger partial charge in [-0.3, -0.25) is 19.4 Å². The van der Waals surface area contributed by atoms with Gasteiger partial charge in [-0.05, 0) is 38.4 Å². The molecule has 4 rings (SSSR count). The van der Waals surface area contributed by atoms with Crippen molar-refractivity contribution in [1.29, 1.82) is 0 Å². The highest BCUT2D eigenvalue weighted by Gasteiger charge is 2.32. The van der Waals surface area contributed by atoms with E-state index in [4.69, 9.17) is 4.74 Å². The van der Waals surface area contributed by atoms with E-state index in [2.05, 4.69) is 15.1 Å². The van der Waals surface area contributed by atoms with Gasteiger partial charge in [0.15, 0.2) is 0 Å². The van der Waals surface area contributed by atoms with Gasteiger partial charge in [0, 0.05) is 19.1 Å². The van der Waals surface area contributed by atoms with Crippen LogP contribution in [0.1, 0.15) is 10.4 Å². The molecule has 1 fully saturated rings. The highest BCUT2D eigenvalue weighted by molar-refractivity contribution is 6.17. The van der Waals surface area contributed by atoms with Crippen molar-refractivity contribution in [2.45, 2.75) is 6.04 Å². The molecule has 152 valence electrons. The van der Waals surface area contributed by atoms with Crippen LogP contribution in [-0.2, 0) is 9.53 Å². The maximum absolute atomic E-state index is 13.6. The Labute approximate surface area is 170 Å². The highest BCUT2D eigenvalue weighted by atomic mass is 16.5. The molecule has 2 aliphatic rings. The molecular formula is C22H26N4O3. The van der Waals surface area contributed by atoms with Crippen molar-refractivity contribution in [1.82, 2.24) is 9.80 Å². The largest absolute Gasteiger partial charge is 0.378 e. The third kappa shape index (κ3) is 4.03. The summed E-state index contributed by atoms with van der Waals surface area (Å²) in [6.45, 7) is 3.01. The molecule has 7 nitrogen and oxygen atoms in total. The standard InChI is InChI=1S/C22H26N4O3/c1-24(2)13-16-15-29-12-11-25(16)14-21(27)26-19-9-5-3-7-17(19)22(28)23-18-8-4-6-10-20(18)26/h3-10,16H,11-15H2,1-2H3,(H,23,28). The van der Waals surface area contributed by atoms with E-state index < -0.39 is 0 Å². The van der Waals surface area contributed by atoms with Crippen LogP contribution in [-0.4, -0.2) is 74.6 Å². The molecule has 0 aliphatic carbocycles. The zero-order chi connectivity index (χ0) is 20.4. The first-order valence-electron chi connectivity index (χ1n) is 9.83. The van der Waals surface area contributed by atoms with E-state index in [1.165, 1.54) is 0 Å². The Balaban J connectivity index is 1.69. The number of ether oxygens (including phenoxy) is 1. The SMILES string of the molecule is CN(C)CC1COCCN1CC(=O)N1c2ccccc2NC(=O)c2ccccc21. The topological polar surface area (TPSA) is 65.1 Å². The van der Waals surface area contributed by atoms with Gasteiger partial charge >= 0.3 is 0 Å². The van der Waals surface area contributed by atoms with Gasteiger partial charge in [-0.1, -0.05) is 24.3 Å². The average Bonchev–Trinajstić information content (AvgIpc) is 2.83. The van der Waals surface area contributed by atoms with E-state index in [9.17, 15) is 9.59 Å². The normalized spacial score (nSPS) is 19.3. The number of anilines is 3. The summed E-state index contributed by atoms with van der Waals surface area (Å²) in [6.07, 6.45) is 0. The fourth-order valence-corrected chi connectivity index (χ4v) is 3.95. The maximum atomic E-state index is 13.6. The van der Waals surface area contributed by atoms with Gasteiger partial charge in [0.1, 0.15) is 0 Å². The lowest BCUT2D eigenvalue weighted by Gasteiger charge is -2.37. The number of amides is 2. The predicted octanol–water partition coefficient (Wildman–Crippen LogP) is 2.18. The van der Waals surface area contributed by atoms with E-state index >= 15 is 0 Å². The minimum Gasteiger partial charge on any atom is -0.378 e. The van der Waals surface area contributed by atoms with Crippen LogP contribution in [0.25, 0.3) is 0 Å². The smallest absolute Gasteiger partial charge is 0.257 e. The molecule has 0 bridgehead atoms. The minimum absolute atomic E-state index is 0.0629. The molecule has 29 heavy (non-hydrogen) atoms. The van der Waals surface area contributed by atoms with Crippen molar-refractivity contribution < 1.29 is 14.3 Å². The lowest BCUT2D eigenvalue weighted by molar-refractivity contribution is -0.121. The summed E-state index contributed by atoms with van der Waals surface area (Å²) in [6, 6.07) is 14.8. The van der Waals surface area contributed by atoms with Crippen LogP contribution >= 0.6 is 0 Å². The van der Waals surface area contributed by atoms with Crippen molar-refractivity contribution in [2.75, 3.05) is 57.2 Å². The first kappa shape index (κ1) is 19.6. The Hall–Kier alpha value is -2.74. The maximum Gasteiger partial charge on any atom is 0.257 e. The van der Waals surface area contributed by atoms with Crippen LogP contribution in [0.3, 0.4) is 0 Å². The van der Waals surface area contributed by atoms with Crippen LogP contribution in [0, 0.1) is 0 Å². The highest BCUT2D eigenvalue weighted by Crippen LogP contribution is 2.37. The fourth-order valence-electron chi connectivity index (χ4n) is 3.95. The molecule has 2 aliphatic heterocycles. The minimum atomic E-state index is -0.208. The first-order chi connectivity index (χ1) is 14.0. The molecule has 2 amide bonds. The Morgan fingerprint density at radius 3 is 2.66 bits per heavy atom. The third-order valence-corrected chi connectivity index (χ3v) is 5.30. The molecule has 0 saturated carbocycles. The second kappa shape index (κ2) is 8.32. The molecular weight excluding hydrogens is 368 g/mol. The molecule has 2 heterocycles. The number of hydrogen-bond acceptors (Lipinski definition) is 5. The molecule has 1 unspecified atom stereocenters. The van der Waals surface area contributed by atoms with Crippen molar-refractivity contribution in [3.63, 3.8) is 0 Å². The summed E-state index contributed by atoms with van der Waals surface area (Å²) >= 11 is 0. The molecule has 1 N–H and O–H groups in total. The Kier molecular flexibility index (Phi) is 5.62. The van der Waals surface area contributed by atoms with Gasteiger partial charge < -0.3 is 15.0 Å². The third-order valence-electron chi connectivity index (χ3n) is 5.30. The van der Waals surface area contributed by atoms with E-state index in [1.54, 1.807) is 11.0 Å².